The van der Waals surface area contributed by atoms with Gasteiger partial charge in [-0.25, -0.2) is 14.8 Å². The molecule has 1 saturated heterocycles. The monoisotopic (exact) mass is 657 g/mol. The van der Waals surface area contributed by atoms with Crippen molar-refractivity contribution in [3.8, 4) is 0 Å². The molecule has 2 N–H and O–H groups in total. The largest absolute Gasteiger partial charge is 0.469 e. The van der Waals surface area contributed by atoms with E-state index in [0.29, 0.717) is 64.7 Å². The van der Waals surface area contributed by atoms with Gasteiger partial charge in [-0.3, -0.25) is 14.5 Å². The third-order valence-electron chi connectivity index (χ3n) is 8.84. The van der Waals surface area contributed by atoms with Gasteiger partial charge in [0.15, 0.2) is 5.82 Å². The van der Waals surface area contributed by atoms with Crippen molar-refractivity contribution in [2.24, 2.45) is 0 Å². The molecule has 1 aliphatic heterocycles. The number of piperazine rings is 1. The number of nitrogens with two attached hydrogens (primary N) is 1. The van der Waals surface area contributed by atoms with E-state index >= 15 is 0 Å². The van der Waals surface area contributed by atoms with Crippen molar-refractivity contribution >= 4 is 45.7 Å². The average molecular weight is 658 g/mol. The molecule has 12 nitrogen and oxygen atoms in total. The fourth-order valence-corrected chi connectivity index (χ4v) is 6.20. The number of amides is 2. The highest BCUT2D eigenvalue weighted by Crippen LogP contribution is 2.29. The Balaban J connectivity index is 1.34. The van der Waals surface area contributed by atoms with Gasteiger partial charge in [-0.1, -0.05) is 55.8 Å². The van der Waals surface area contributed by atoms with Crippen LogP contribution in [0, 0.1) is 0 Å². The van der Waals surface area contributed by atoms with Crippen molar-refractivity contribution in [3.63, 3.8) is 0 Å². The van der Waals surface area contributed by atoms with Crippen molar-refractivity contribution in [2.45, 2.75) is 59.0 Å². The molecule has 3 heterocycles. The van der Waals surface area contributed by atoms with Crippen molar-refractivity contribution in [1.82, 2.24) is 29.2 Å². The van der Waals surface area contributed by atoms with E-state index in [-0.39, 0.29) is 30.9 Å². The number of pyridine rings is 1. The number of carbonyl (C=O) groups is 3. The Labute approximate surface area is 281 Å². The first-order chi connectivity index (χ1) is 23.3. The van der Waals surface area contributed by atoms with Gasteiger partial charge in [0.1, 0.15) is 11.3 Å². The van der Waals surface area contributed by atoms with Crippen molar-refractivity contribution < 1.29 is 23.9 Å². The summed E-state index contributed by atoms with van der Waals surface area (Å²) in [5.41, 5.74) is 10.8. The van der Waals surface area contributed by atoms with Crippen molar-refractivity contribution in [3.05, 3.63) is 65.5 Å². The summed E-state index contributed by atoms with van der Waals surface area (Å²) in [7, 11) is 1.38. The number of hydrogen-bond donors (Lipinski definition) is 1. The fraction of sp³-hybridized carbons (Fsp3) is 0.472. The number of imidazole rings is 1. The molecular weight excluding hydrogens is 610 g/mol. The maximum atomic E-state index is 13.9. The lowest BCUT2D eigenvalue weighted by Gasteiger charge is -2.35. The van der Waals surface area contributed by atoms with Crippen LogP contribution in [-0.4, -0.2) is 100 Å². The second-order valence-corrected chi connectivity index (χ2v) is 12.2. The predicted octanol–water partition coefficient (Wildman–Crippen LogP) is 4.42. The molecule has 2 aromatic heterocycles. The summed E-state index contributed by atoms with van der Waals surface area (Å²) in [5.74, 6) is 1.14. The van der Waals surface area contributed by atoms with Gasteiger partial charge in [0.2, 0.25) is 5.91 Å². The number of hydrogen-bond acceptors (Lipinski definition) is 9. The topological polar surface area (TPSA) is 136 Å². The van der Waals surface area contributed by atoms with Gasteiger partial charge in [0.05, 0.1) is 37.7 Å². The zero-order chi connectivity index (χ0) is 34.0. The normalized spacial score (nSPS) is 13.6. The van der Waals surface area contributed by atoms with Crippen LogP contribution in [0.5, 0.6) is 0 Å². The maximum absolute atomic E-state index is 13.9. The Kier molecular flexibility index (Phi) is 11.8. The predicted molar refractivity (Wildman–Crippen MR) is 185 cm³/mol. The number of fused-ring (bicyclic) bond motifs is 3. The van der Waals surface area contributed by atoms with Crippen LogP contribution in [0.1, 0.15) is 50.1 Å². The minimum absolute atomic E-state index is 0.0267. The summed E-state index contributed by atoms with van der Waals surface area (Å²) < 4.78 is 12.2. The molecule has 4 aromatic rings. The maximum Gasteiger partial charge on any atom is 0.409 e. The highest BCUT2D eigenvalue weighted by molar-refractivity contribution is 6.06. The number of aromatic nitrogens is 3. The Morgan fingerprint density at radius 1 is 0.938 bits per heavy atom. The van der Waals surface area contributed by atoms with Crippen LogP contribution in [0.4, 0.5) is 10.6 Å². The summed E-state index contributed by atoms with van der Waals surface area (Å²) in [6.45, 7) is 8.46. The minimum atomic E-state index is -0.309. The van der Waals surface area contributed by atoms with Gasteiger partial charge in [0.25, 0.3) is 0 Å². The van der Waals surface area contributed by atoms with Crippen LogP contribution in [0.2, 0.25) is 0 Å². The van der Waals surface area contributed by atoms with Crippen LogP contribution >= 0.6 is 0 Å². The van der Waals surface area contributed by atoms with Crippen LogP contribution in [0.3, 0.4) is 0 Å². The SMILES string of the molecule is CCCCc1nc2c(N)nc3ccccc3c2n1CCCN(Cc1ccc(CC(=O)OC)cc1)C(=O)CN1CCN(C(=O)OCC)CC1. The second-order valence-electron chi connectivity index (χ2n) is 12.2. The third kappa shape index (κ3) is 8.41. The number of ether oxygens (including phenoxy) is 2. The number of para-hydroxylation sites is 1. The molecule has 2 amide bonds. The highest BCUT2D eigenvalue weighted by atomic mass is 16.6. The van der Waals surface area contributed by atoms with Gasteiger partial charge < -0.3 is 29.6 Å². The van der Waals surface area contributed by atoms with E-state index in [1.807, 2.05) is 47.4 Å². The number of carbonyl (C=O) groups excluding carboxylic acids is 3. The molecule has 0 unspecified atom stereocenters. The molecule has 1 fully saturated rings. The van der Waals surface area contributed by atoms with E-state index in [1.54, 1.807) is 11.8 Å². The van der Waals surface area contributed by atoms with E-state index in [1.165, 1.54) is 7.11 Å². The highest BCUT2D eigenvalue weighted by Gasteiger charge is 2.25. The number of rotatable bonds is 14. The smallest absolute Gasteiger partial charge is 0.409 e. The van der Waals surface area contributed by atoms with E-state index in [0.717, 1.165) is 58.2 Å². The molecule has 2 aromatic carbocycles. The number of anilines is 1. The summed E-state index contributed by atoms with van der Waals surface area (Å²) in [5, 5.41) is 1.01. The number of nitrogens with zero attached hydrogens (tertiary/aromatic N) is 6. The lowest BCUT2D eigenvalue weighted by Crippen LogP contribution is -2.51. The Morgan fingerprint density at radius 3 is 2.38 bits per heavy atom. The van der Waals surface area contributed by atoms with Crippen LogP contribution in [-0.2, 0) is 45.0 Å². The van der Waals surface area contributed by atoms with Gasteiger partial charge in [-0.15, -0.1) is 0 Å². The number of unbranched alkanes of at least 4 members (excludes halogenated alkanes) is 1. The first-order valence-electron chi connectivity index (χ1n) is 16.9. The molecule has 1 aliphatic rings. The van der Waals surface area contributed by atoms with Gasteiger partial charge in [-0.2, -0.15) is 0 Å². The number of benzene rings is 2. The molecule has 0 bridgehead atoms. The first-order valence-corrected chi connectivity index (χ1v) is 16.9. The first kappa shape index (κ1) is 34.6. The molecule has 0 radical (unpaired) electrons. The number of esters is 1. The van der Waals surface area contributed by atoms with Gasteiger partial charge >= 0.3 is 12.1 Å². The Bertz CT molecular complexity index is 1710. The second kappa shape index (κ2) is 16.4. The van der Waals surface area contributed by atoms with E-state index in [9.17, 15) is 14.4 Å². The zero-order valence-corrected chi connectivity index (χ0v) is 28.3. The number of methoxy groups -OCH3 is 1. The quantitative estimate of drug-likeness (QED) is 0.196. The summed E-state index contributed by atoms with van der Waals surface area (Å²) in [4.78, 5) is 53.1. The fourth-order valence-electron chi connectivity index (χ4n) is 6.20. The molecule has 48 heavy (non-hydrogen) atoms. The molecule has 256 valence electrons. The average Bonchev–Trinajstić information content (AvgIpc) is 3.47. The molecule has 0 atom stereocenters. The van der Waals surface area contributed by atoms with Crippen LogP contribution < -0.4 is 5.73 Å². The van der Waals surface area contributed by atoms with Gasteiger partial charge in [0, 0.05) is 57.6 Å². The summed E-state index contributed by atoms with van der Waals surface area (Å²) in [6.07, 6.45) is 3.49. The molecule has 12 heteroatoms. The molecule has 5 rings (SSSR count). The van der Waals surface area contributed by atoms with Crippen LogP contribution in [0.25, 0.3) is 21.9 Å². The zero-order valence-electron chi connectivity index (χ0n) is 28.3. The minimum Gasteiger partial charge on any atom is -0.469 e. The van der Waals surface area contributed by atoms with E-state index in [2.05, 4.69) is 27.4 Å². The standard InChI is InChI=1S/C36H47N7O5/c1-4-6-12-30-39-33-34(28-10-7-8-11-29(28)38-35(33)37)43(30)18-9-17-42(24-27-15-13-26(14-16-27)23-32(45)47-3)31(44)25-40-19-21-41(22-20-40)36(46)48-5-2/h7-8,10-11,13-16H,4-6,9,12,17-25H2,1-3H3,(H2,37,38). The van der Waals surface area contributed by atoms with E-state index < -0.39 is 0 Å². The van der Waals surface area contributed by atoms with E-state index in [4.69, 9.17) is 20.2 Å². The Hall–Kier alpha value is -4.71. The van der Waals surface area contributed by atoms with Crippen LogP contribution in [0.15, 0.2) is 48.5 Å². The summed E-state index contributed by atoms with van der Waals surface area (Å²) >= 11 is 0. The third-order valence-corrected chi connectivity index (χ3v) is 8.84. The molecule has 0 spiro atoms. The Morgan fingerprint density at radius 2 is 1.67 bits per heavy atom. The lowest BCUT2D eigenvalue weighted by molar-refractivity contribution is -0.139. The van der Waals surface area contributed by atoms with Gasteiger partial charge in [-0.05, 0) is 37.0 Å². The summed E-state index contributed by atoms with van der Waals surface area (Å²) in [6, 6.07) is 15.7. The molecule has 0 saturated carbocycles. The molecular formula is C36H47N7O5. The number of nitrogen functional groups attached to an aromatic ring is 1. The molecule has 0 aliphatic carbocycles. The lowest BCUT2D eigenvalue weighted by atomic mass is 10.1. The van der Waals surface area contributed by atoms with Crippen molar-refractivity contribution in [1.29, 1.82) is 0 Å². The van der Waals surface area contributed by atoms with Crippen molar-refractivity contribution in [2.75, 3.05) is 58.7 Å². The number of aryl methyl sites for hydroxylation is 2.